The van der Waals surface area contributed by atoms with Crippen LogP contribution in [-0.2, 0) is 23.8 Å². The molecule has 10 heteroatoms. The number of nitrogens with zero attached hydrogens (tertiary/aromatic N) is 5. The number of hydrogen-bond donors (Lipinski definition) is 0. The maximum atomic E-state index is 12.3. The van der Waals surface area contributed by atoms with Crippen LogP contribution in [0, 0.1) is 23.7 Å². The van der Waals surface area contributed by atoms with E-state index in [9.17, 15) is 9.59 Å². The average Bonchev–Trinajstić information content (AvgIpc) is 3.14. The quantitative estimate of drug-likeness (QED) is 0.199. The Morgan fingerprint density at radius 2 is 1.16 bits per heavy atom. The molecule has 0 aliphatic carbocycles. The smallest absolute Gasteiger partial charge is 0.248 e. The zero-order valence-electron chi connectivity index (χ0n) is 33.8. The summed E-state index contributed by atoms with van der Waals surface area (Å²) in [5, 5.41) is 0. The highest BCUT2D eigenvalue weighted by Gasteiger charge is 2.26. The number of piperazine rings is 1. The topological polar surface area (TPSA) is 78.0 Å². The summed E-state index contributed by atoms with van der Waals surface area (Å²) in [6.07, 6.45) is 9.27. The van der Waals surface area contributed by atoms with Crippen molar-refractivity contribution in [1.82, 2.24) is 24.5 Å². The number of piperidine rings is 3. The van der Waals surface area contributed by atoms with Crippen molar-refractivity contribution >= 4 is 11.8 Å². The van der Waals surface area contributed by atoms with Gasteiger partial charge in [0.2, 0.25) is 11.8 Å². The van der Waals surface area contributed by atoms with Crippen LogP contribution in [0.15, 0.2) is 0 Å². The summed E-state index contributed by atoms with van der Waals surface area (Å²) in [6.45, 7) is 30.1. The zero-order valence-corrected chi connectivity index (χ0v) is 33.8. The Kier molecular flexibility index (Phi) is 23.7. The summed E-state index contributed by atoms with van der Waals surface area (Å²) in [7, 11) is 2.18. The van der Waals surface area contributed by atoms with E-state index in [1.165, 1.54) is 45.4 Å². The molecule has 10 nitrogen and oxygen atoms in total. The fourth-order valence-electron chi connectivity index (χ4n) is 7.38. The first-order valence-corrected chi connectivity index (χ1v) is 20.6. The van der Waals surface area contributed by atoms with Gasteiger partial charge in [-0.25, -0.2) is 0 Å². The number of hydrogen-bond acceptors (Lipinski definition) is 8. The summed E-state index contributed by atoms with van der Waals surface area (Å²) >= 11 is 0. The minimum absolute atomic E-state index is 0.129. The third kappa shape index (κ3) is 18.0. The van der Waals surface area contributed by atoms with Gasteiger partial charge in [0.05, 0.1) is 19.8 Å². The highest BCUT2D eigenvalue weighted by molar-refractivity contribution is 5.77. The first kappa shape index (κ1) is 44.9. The van der Waals surface area contributed by atoms with Crippen LogP contribution in [0.5, 0.6) is 0 Å². The van der Waals surface area contributed by atoms with Crippen molar-refractivity contribution in [2.24, 2.45) is 23.7 Å². The number of likely N-dealkylation sites (N-methyl/N-ethyl adjacent to an activating group) is 1. The molecule has 0 aromatic carbocycles. The molecule has 4 aliphatic rings. The number of carbonyl (C=O) groups is 2. The second-order valence-electron chi connectivity index (χ2n) is 15.4. The third-order valence-electron chi connectivity index (χ3n) is 11.3. The van der Waals surface area contributed by atoms with Gasteiger partial charge in [-0.15, -0.1) is 0 Å². The molecule has 4 heterocycles. The SMILES string of the molecule is CC.CC(C)C1CCN(C(=O)COCC2CCN(C(C)C)CC2)CC1.CCC1CCN(C(=O)COCCOCCCN2CCN(C)CC2)CC1. The predicted octanol–water partition coefficient (Wildman–Crippen LogP) is 5.35. The molecule has 0 aromatic rings. The molecule has 294 valence electrons. The van der Waals surface area contributed by atoms with E-state index >= 15 is 0 Å². The van der Waals surface area contributed by atoms with Crippen molar-refractivity contribution < 1.29 is 23.8 Å². The van der Waals surface area contributed by atoms with Gasteiger partial charge in [-0.1, -0.05) is 41.0 Å². The molecule has 0 aromatic heterocycles. The molecular weight excluding hydrogens is 630 g/mol. The van der Waals surface area contributed by atoms with Gasteiger partial charge in [-0.3, -0.25) is 9.59 Å². The monoisotopic (exact) mass is 710 g/mol. The normalized spacial score (nSPS) is 20.8. The van der Waals surface area contributed by atoms with E-state index in [0.717, 1.165) is 109 Å². The molecule has 4 saturated heterocycles. The van der Waals surface area contributed by atoms with Crippen molar-refractivity contribution in [2.75, 3.05) is 119 Å². The Bertz CT molecular complexity index is 860. The van der Waals surface area contributed by atoms with Gasteiger partial charge in [-0.05, 0) is 103 Å². The molecule has 0 radical (unpaired) electrons. The molecule has 0 N–H and O–H groups in total. The van der Waals surface area contributed by atoms with E-state index in [1.54, 1.807) is 0 Å². The fourth-order valence-corrected chi connectivity index (χ4v) is 7.38. The lowest BCUT2D eigenvalue weighted by Gasteiger charge is -2.35. The molecule has 2 amide bonds. The van der Waals surface area contributed by atoms with Crippen LogP contribution < -0.4 is 0 Å². The highest BCUT2D eigenvalue weighted by atomic mass is 16.5. The van der Waals surface area contributed by atoms with Crippen molar-refractivity contribution in [1.29, 1.82) is 0 Å². The molecule has 0 saturated carbocycles. The summed E-state index contributed by atoms with van der Waals surface area (Å²) in [5.41, 5.74) is 0. The van der Waals surface area contributed by atoms with Gasteiger partial charge < -0.3 is 38.7 Å². The number of ether oxygens (including phenoxy) is 3. The number of rotatable bonds is 16. The number of amides is 2. The molecular formula is C40H79N5O5. The Balaban J connectivity index is 0.000000331. The van der Waals surface area contributed by atoms with E-state index in [1.807, 2.05) is 23.6 Å². The van der Waals surface area contributed by atoms with E-state index in [0.29, 0.717) is 25.2 Å². The first-order chi connectivity index (χ1) is 24.2. The first-order valence-electron chi connectivity index (χ1n) is 20.6. The van der Waals surface area contributed by atoms with Crippen LogP contribution in [0.4, 0.5) is 0 Å². The van der Waals surface area contributed by atoms with Crippen LogP contribution >= 0.6 is 0 Å². The van der Waals surface area contributed by atoms with Crippen molar-refractivity contribution in [3.8, 4) is 0 Å². The van der Waals surface area contributed by atoms with Crippen LogP contribution in [0.2, 0.25) is 0 Å². The van der Waals surface area contributed by atoms with E-state index in [-0.39, 0.29) is 25.0 Å². The lowest BCUT2D eigenvalue weighted by Crippen LogP contribution is -2.44. The Morgan fingerprint density at radius 3 is 1.70 bits per heavy atom. The molecule has 0 bridgehead atoms. The average molecular weight is 710 g/mol. The molecule has 4 aliphatic heterocycles. The molecule has 50 heavy (non-hydrogen) atoms. The molecule has 0 unspecified atom stereocenters. The molecule has 4 fully saturated rings. The van der Waals surface area contributed by atoms with Gasteiger partial charge >= 0.3 is 0 Å². The van der Waals surface area contributed by atoms with Crippen LogP contribution in [0.25, 0.3) is 0 Å². The summed E-state index contributed by atoms with van der Waals surface area (Å²) < 4.78 is 16.8. The lowest BCUT2D eigenvalue weighted by molar-refractivity contribution is -0.139. The minimum atomic E-state index is 0.129. The number of carbonyl (C=O) groups excluding carboxylic acids is 2. The predicted molar refractivity (Wildman–Crippen MR) is 206 cm³/mol. The standard InChI is InChI=1S/C19H37N3O3.C19H36N2O2.C2H6/c1-3-18-5-8-22(9-6-18)19(23)17-25-16-15-24-14-4-7-21-12-10-20(2)11-13-21;1-15(2)18-7-11-21(12-8-18)19(22)14-23-13-17-5-9-20(10-6-17)16(3)4;1-2/h18H,3-17H2,1-2H3;15-18H,5-14H2,1-4H3;1-2H3. The Morgan fingerprint density at radius 1 is 0.640 bits per heavy atom. The summed E-state index contributed by atoms with van der Waals surface area (Å²) in [5.74, 6) is 3.26. The zero-order chi connectivity index (χ0) is 36.7. The summed E-state index contributed by atoms with van der Waals surface area (Å²) in [4.78, 5) is 35.7. The van der Waals surface area contributed by atoms with Crippen LogP contribution in [0.1, 0.15) is 99.8 Å². The van der Waals surface area contributed by atoms with Gasteiger partial charge in [-0.2, -0.15) is 0 Å². The van der Waals surface area contributed by atoms with E-state index < -0.39 is 0 Å². The fraction of sp³-hybridized carbons (Fsp3) is 0.950. The van der Waals surface area contributed by atoms with Gasteiger partial charge in [0.25, 0.3) is 0 Å². The Labute approximate surface area is 307 Å². The Hall–Kier alpha value is -1.30. The van der Waals surface area contributed by atoms with Crippen LogP contribution in [-0.4, -0.2) is 161 Å². The molecule has 0 atom stereocenters. The van der Waals surface area contributed by atoms with Gasteiger partial charge in [0.1, 0.15) is 13.2 Å². The van der Waals surface area contributed by atoms with Crippen LogP contribution in [0.3, 0.4) is 0 Å². The van der Waals surface area contributed by atoms with Crippen molar-refractivity contribution in [3.05, 3.63) is 0 Å². The molecule has 4 rings (SSSR count). The van der Waals surface area contributed by atoms with E-state index in [4.69, 9.17) is 14.2 Å². The van der Waals surface area contributed by atoms with Gasteiger partial charge in [0.15, 0.2) is 0 Å². The lowest BCUT2D eigenvalue weighted by atomic mass is 9.87. The van der Waals surface area contributed by atoms with Crippen molar-refractivity contribution in [3.63, 3.8) is 0 Å². The van der Waals surface area contributed by atoms with Gasteiger partial charge in [0, 0.05) is 71.6 Å². The van der Waals surface area contributed by atoms with Crippen molar-refractivity contribution in [2.45, 2.75) is 106 Å². The third-order valence-corrected chi connectivity index (χ3v) is 11.3. The second-order valence-corrected chi connectivity index (χ2v) is 15.4. The number of likely N-dealkylation sites (tertiary alicyclic amines) is 3. The molecule has 0 spiro atoms. The van der Waals surface area contributed by atoms with E-state index in [2.05, 4.69) is 56.4 Å². The maximum absolute atomic E-state index is 12.3. The maximum Gasteiger partial charge on any atom is 0.248 e. The second kappa shape index (κ2) is 26.5. The highest BCUT2D eigenvalue weighted by Crippen LogP contribution is 2.25. The minimum Gasteiger partial charge on any atom is -0.379 e. The largest absolute Gasteiger partial charge is 0.379 e. The summed E-state index contributed by atoms with van der Waals surface area (Å²) in [6, 6.07) is 0.646.